The molecule has 20 heavy (non-hydrogen) atoms. The molecule has 2 aromatic rings. The maximum Gasteiger partial charge on any atom is 0.247 e. The summed E-state index contributed by atoms with van der Waals surface area (Å²) in [5.41, 5.74) is 1.17. The Hall–Kier alpha value is -1.75. The standard InChI is InChI=1S/C15H18FN3O/c1-3-15(7-4-8-17-15)14-18-13(19-20-14)11-5-6-12(16)10(2)9-11/h5-6,9,17H,3-4,7-8H2,1-2H3. The summed E-state index contributed by atoms with van der Waals surface area (Å²) in [6.45, 7) is 4.82. The van der Waals surface area contributed by atoms with Crippen molar-refractivity contribution < 1.29 is 8.91 Å². The van der Waals surface area contributed by atoms with Crippen LogP contribution in [0.4, 0.5) is 4.39 Å². The molecule has 2 heterocycles. The Morgan fingerprint density at radius 1 is 1.45 bits per heavy atom. The quantitative estimate of drug-likeness (QED) is 0.934. The fraction of sp³-hybridized carbons (Fsp3) is 0.467. The molecule has 3 rings (SSSR count). The lowest BCUT2D eigenvalue weighted by Gasteiger charge is -2.22. The molecule has 106 valence electrons. The van der Waals surface area contributed by atoms with E-state index in [9.17, 15) is 4.39 Å². The highest BCUT2D eigenvalue weighted by Gasteiger charge is 2.38. The van der Waals surface area contributed by atoms with E-state index < -0.39 is 0 Å². The first-order valence-corrected chi connectivity index (χ1v) is 7.00. The summed E-state index contributed by atoms with van der Waals surface area (Å²) in [7, 11) is 0. The van der Waals surface area contributed by atoms with Crippen LogP contribution in [0.3, 0.4) is 0 Å². The molecule has 0 spiro atoms. The summed E-state index contributed by atoms with van der Waals surface area (Å²) >= 11 is 0. The van der Waals surface area contributed by atoms with Gasteiger partial charge in [-0.25, -0.2) is 4.39 Å². The third-order valence-electron chi connectivity index (χ3n) is 4.10. The lowest BCUT2D eigenvalue weighted by molar-refractivity contribution is 0.250. The van der Waals surface area contributed by atoms with Gasteiger partial charge in [-0.2, -0.15) is 4.98 Å². The fourth-order valence-electron chi connectivity index (χ4n) is 2.76. The molecule has 0 aliphatic carbocycles. The van der Waals surface area contributed by atoms with Crippen molar-refractivity contribution in [2.75, 3.05) is 6.54 Å². The van der Waals surface area contributed by atoms with Gasteiger partial charge in [-0.3, -0.25) is 0 Å². The number of rotatable bonds is 3. The molecule has 1 N–H and O–H groups in total. The van der Waals surface area contributed by atoms with E-state index in [1.54, 1.807) is 19.1 Å². The monoisotopic (exact) mass is 275 g/mol. The Morgan fingerprint density at radius 3 is 2.95 bits per heavy atom. The van der Waals surface area contributed by atoms with E-state index in [-0.39, 0.29) is 11.4 Å². The summed E-state index contributed by atoms with van der Waals surface area (Å²) in [5, 5.41) is 7.51. The first kappa shape index (κ1) is 13.2. The van der Waals surface area contributed by atoms with E-state index in [4.69, 9.17) is 4.52 Å². The fourth-order valence-corrected chi connectivity index (χ4v) is 2.76. The topological polar surface area (TPSA) is 51.0 Å². The van der Waals surface area contributed by atoms with Crippen molar-refractivity contribution in [3.05, 3.63) is 35.5 Å². The number of aryl methyl sites for hydroxylation is 1. The van der Waals surface area contributed by atoms with E-state index in [0.717, 1.165) is 31.4 Å². The van der Waals surface area contributed by atoms with Gasteiger partial charge in [0, 0.05) is 5.56 Å². The van der Waals surface area contributed by atoms with Crippen LogP contribution in [0.2, 0.25) is 0 Å². The van der Waals surface area contributed by atoms with Gasteiger partial charge >= 0.3 is 0 Å². The average molecular weight is 275 g/mol. The summed E-state index contributed by atoms with van der Waals surface area (Å²) in [6, 6.07) is 4.85. The number of hydrogen-bond donors (Lipinski definition) is 1. The lowest BCUT2D eigenvalue weighted by Crippen LogP contribution is -2.36. The van der Waals surface area contributed by atoms with Crippen LogP contribution in [0.1, 0.15) is 37.6 Å². The molecular formula is C15H18FN3O. The largest absolute Gasteiger partial charge is 0.337 e. The van der Waals surface area contributed by atoms with Gasteiger partial charge in [0.25, 0.3) is 0 Å². The van der Waals surface area contributed by atoms with E-state index in [2.05, 4.69) is 22.4 Å². The summed E-state index contributed by atoms with van der Waals surface area (Å²) < 4.78 is 18.8. The van der Waals surface area contributed by atoms with Crippen LogP contribution >= 0.6 is 0 Å². The first-order valence-electron chi connectivity index (χ1n) is 7.00. The Balaban J connectivity index is 1.95. The zero-order chi connectivity index (χ0) is 14.2. The molecule has 1 unspecified atom stereocenters. The zero-order valence-electron chi connectivity index (χ0n) is 11.7. The molecule has 0 bridgehead atoms. The van der Waals surface area contributed by atoms with Crippen LogP contribution in [0, 0.1) is 12.7 Å². The highest BCUT2D eigenvalue weighted by molar-refractivity contribution is 5.55. The Labute approximate surface area is 117 Å². The second-order valence-corrected chi connectivity index (χ2v) is 5.35. The number of hydrogen-bond acceptors (Lipinski definition) is 4. The minimum Gasteiger partial charge on any atom is -0.337 e. The molecule has 1 aliphatic heterocycles. The predicted molar refractivity (Wildman–Crippen MR) is 73.6 cm³/mol. The molecule has 1 aromatic carbocycles. The predicted octanol–water partition coefficient (Wildman–Crippen LogP) is 3.17. The molecular weight excluding hydrogens is 257 g/mol. The van der Waals surface area contributed by atoms with Crippen LogP contribution in [0.5, 0.6) is 0 Å². The van der Waals surface area contributed by atoms with Crippen LogP contribution in [-0.4, -0.2) is 16.7 Å². The third kappa shape index (κ3) is 2.12. The van der Waals surface area contributed by atoms with Gasteiger partial charge in [0.05, 0.1) is 5.54 Å². The maximum absolute atomic E-state index is 13.3. The van der Waals surface area contributed by atoms with Gasteiger partial charge in [-0.15, -0.1) is 0 Å². The molecule has 0 amide bonds. The SMILES string of the molecule is CCC1(c2nc(-c3ccc(F)c(C)c3)no2)CCCN1. The molecule has 1 aromatic heterocycles. The van der Waals surface area contributed by atoms with Crippen molar-refractivity contribution in [3.63, 3.8) is 0 Å². The maximum atomic E-state index is 13.3. The third-order valence-corrected chi connectivity index (χ3v) is 4.10. The van der Waals surface area contributed by atoms with Gasteiger partial charge in [0.15, 0.2) is 0 Å². The van der Waals surface area contributed by atoms with Crippen LogP contribution in [-0.2, 0) is 5.54 Å². The Kier molecular flexibility index (Phi) is 3.30. The number of halogens is 1. The van der Waals surface area contributed by atoms with E-state index in [1.165, 1.54) is 6.07 Å². The first-order chi connectivity index (χ1) is 9.64. The smallest absolute Gasteiger partial charge is 0.247 e. The molecule has 0 saturated carbocycles. The molecule has 1 atom stereocenters. The minimum absolute atomic E-state index is 0.194. The molecule has 4 nitrogen and oxygen atoms in total. The van der Waals surface area contributed by atoms with E-state index >= 15 is 0 Å². The van der Waals surface area contributed by atoms with Crippen molar-refractivity contribution >= 4 is 0 Å². The van der Waals surface area contributed by atoms with Gasteiger partial charge < -0.3 is 9.84 Å². The normalized spacial score (nSPS) is 22.4. The van der Waals surface area contributed by atoms with Crippen LogP contribution < -0.4 is 5.32 Å². The van der Waals surface area contributed by atoms with Crippen molar-refractivity contribution in [1.82, 2.24) is 15.5 Å². The van der Waals surface area contributed by atoms with Gasteiger partial charge in [0.1, 0.15) is 5.82 Å². The van der Waals surface area contributed by atoms with Crippen molar-refractivity contribution in [1.29, 1.82) is 0 Å². The average Bonchev–Trinajstić information content (AvgIpc) is 3.10. The zero-order valence-corrected chi connectivity index (χ0v) is 11.7. The number of nitrogens with one attached hydrogen (secondary N) is 1. The molecule has 5 heteroatoms. The van der Waals surface area contributed by atoms with Crippen molar-refractivity contribution in [2.24, 2.45) is 0 Å². The summed E-state index contributed by atoms with van der Waals surface area (Å²) in [4.78, 5) is 4.51. The molecule has 1 fully saturated rings. The number of benzene rings is 1. The van der Waals surface area contributed by atoms with Gasteiger partial charge in [-0.1, -0.05) is 12.1 Å². The Morgan fingerprint density at radius 2 is 2.30 bits per heavy atom. The van der Waals surface area contributed by atoms with Crippen molar-refractivity contribution in [2.45, 2.75) is 38.6 Å². The Bertz CT molecular complexity index is 617. The van der Waals surface area contributed by atoms with E-state index in [1.807, 2.05) is 0 Å². The lowest BCUT2D eigenvalue weighted by atomic mass is 9.94. The second kappa shape index (κ2) is 4.98. The molecule has 1 aliphatic rings. The highest BCUT2D eigenvalue weighted by Crippen LogP contribution is 2.33. The van der Waals surface area contributed by atoms with Crippen LogP contribution in [0.15, 0.2) is 22.7 Å². The van der Waals surface area contributed by atoms with Crippen LogP contribution in [0.25, 0.3) is 11.4 Å². The number of nitrogens with zero attached hydrogens (tertiary/aromatic N) is 2. The molecule has 0 radical (unpaired) electrons. The second-order valence-electron chi connectivity index (χ2n) is 5.35. The van der Waals surface area contributed by atoms with Crippen molar-refractivity contribution in [3.8, 4) is 11.4 Å². The summed E-state index contributed by atoms with van der Waals surface area (Å²) in [5.74, 6) is 0.930. The highest BCUT2D eigenvalue weighted by atomic mass is 19.1. The molecule has 1 saturated heterocycles. The van der Waals surface area contributed by atoms with Gasteiger partial charge in [-0.05, 0) is 56.5 Å². The van der Waals surface area contributed by atoms with Gasteiger partial charge in [0.2, 0.25) is 11.7 Å². The summed E-state index contributed by atoms with van der Waals surface area (Å²) in [6.07, 6.45) is 3.03. The van der Waals surface area contributed by atoms with E-state index in [0.29, 0.717) is 17.3 Å². The number of aromatic nitrogens is 2. The minimum atomic E-state index is -0.222.